The molecular weight excluding hydrogens is 218 g/mol. The summed E-state index contributed by atoms with van der Waals surface area (Å²) < 4.78 is 10.3. The number of ether oxygens (including phenoxy) is 2. The van der Waals surface area contributed by atoms with Crippen LogP contribution in [-0.4, -0.2) is 38.9 Å². The Kier molecular flexibility index (Phi) is 6.52. The lowest BCUT2D eigenvalue weighted by atomic mass is 9.97. The maximum absolute atomic E-state index is 11.7. The second-order valence-corrected chi connectivity index (χ2v) is 4.88. The van der Waals surface area contributed by atoms with Gasteiger partial charge in [0.15, 0.2) is 0 Å². The van der Waals surface area contributed by atoms with Crippen molar-refractivity contribution in [2.75, 3.05) is 26.9 Å². The van der Waals surface area contributed by atoms with E-state index in [-0.39, 0.29) is 12.0 Å². The minimum atomic E-state index is -0.188. The standard InChI is InChI=1S/C13H25NO3/c1-4-10(2)12(13(15)16-3)14-8-11-6-5-7-17-9-11/h10-12,14H,4-9H2,1-3H3. The summed E-state index contributed by atoms with van der Waals surface area (Å²) in [5, 5.41) is 3.34. The summed E-state index contributed by atoms with van der Waals surface area (Å²) in [5.74, 6) is 0.669. The fourth-order valence-electron chi connectivity index (χ4n) is 2.14. The van der Waals surface area contributed by atoms with Crippen LogP contribution < -0.4 is 5.32 Å². The summed E-state index contributed by atoms with van der Waals surface area (Å²) in [6.45, 7) is 6.69. The van der Waals surface area contributed by atoms with E-state index < -0.39 is 0 Å². The number of nitrogens with one attached hydrogen (secondary N) is 1. The van der Waals surface area contributed by atoms with Gasteiger partial charge >= 0.3 is 5.97 Å². The molecule has 0 aliphatic carbocycles. The van der Waals surface area contributed by atoms with Gasteiger partial charge in [-0.2, -0.15) is 0 Å². The van der Waals surface area contributed by atoms with Crippen molar-refractivity contribution in [2.45, 2.75) is 39.2 Å². The van der Waals surface area contributed by atoms with Gasteiger partial charge in [-0.25, -0.2) is 0 Å². The number of methoxy groups -OCH3 is 1. The molecule has 1 aliphatic rings. The van der Waals surface area contributed by atoms with Gasteiger partial charge in [-0.05, 0) is 24.7 Å². The van der Waals surface area contributed by atoms with Crippen molar-refractivity contribution in [3.63, 3.8) is 0 Å². The first kappa shape index (κ1) is 14.5. The third-order valence-electron chi connectivity index (χ3n) is 3.55. The highest BCUT2D eigenvalue weighted by Gasteiger charge is 2.25. The van der Waals surface area contributed by atoms with E-state index in [1.807, 2.05) is 0 Å². The molecule has 0 aromatic carbocycles. The molecule has 1 rings (SSSR count). The summed E-state index contributed by atoms with van der Waals surface area (Å²) >= 11 is 0. The Morgan fingerprint density at radius 2 is 2.35 bits per heavy atom. The van der Waals surface area contributed by atoms with Gasteiger partial charge in [0.05, 0.1) is 13.7 Å². The Bertz CT molecular complexity index is 227. The topological polar surface area (TPSA) is 47.6 Å². The molecule has 0 aromatic heterocycles. The van der Waals surface area contributed by atoms with Crippen molar-refractivity contribution >= 4 is 5.97 Å². The second kappa shape index (κ2) is 7.67. The van der Waals surface area contributed by atoms with Crippen molar-refractivity contribution in [1.82, 2.24) is 5.32 Å². The molecule has 17 heavy (non-hydrogen) atoms. The molecule has 1 N–H and O–H groups in total. The van der Waals surface area contributed by atoms with Crippen molar-refractivity contribution < 1.29 is 14.3 Å². The van der Waals surface area contributed by atoms with Gasteiger partial charge in [0.25, 0.3) is 0 Å². The van der Waals surface area contributed by atoms with Crippen molar-refractivity contribution in [3.8, 4) is 0 Å². The van der Waals surface area contributed by atoms with Gasteiger partial charge in [0, 0.05) is 13.2 Å². The number of esters is 1. The Morgan fingerprint density at radius 3 is 2.88 bits per heavy atom. The molecule has 1 saturated heterocycles. The van der Waals surface area contributed by atoms with Crippen molar-refractivity contribution in [2.24, 2.45) is 11.8 Å². The van der Waals surface area contributed by atoms with Crippen LogP contribution in [0, 0.1) is 11.8 Å². The smallest absolute Gasteiger partial charge is 0.323 e. The van der Waals surface area contributed by atoms with Crippen LogP contribution in [0.1, 0.15) is 33.1 Å². The van der Waals surface area contributed by atoms with E-state index in [0.717, 1.165) is 32.6 Å². The van der Waals surface area contributed by atoms with E-state index in [1.54, 1.807) is 0 Å². The maximum Gasteiger partial charge on any atom is 0.323 e. The molecule has 0 bridgehead atoms. The fraction of sp³-hybridized carbons (Fsp3) is 0.923. The average molecular weight is 243 g/mol. The molecule has 1 fully saturated rings. The molecule has 0 saturated carbocycles. The largest absolute Gasteiger partial charge is 0.468 e. The summed E-state index contributed by atoms with van der Waals surface area (Å²) in [5.41, 5.74) is 0. The fourth-order valence-corrected chi connectivity index (χ4v) is 2.14. The molecular formula is C13H25NO3. The molecule has 4 nitrogen and oxygen atoms in total. The molecule has 3 unspecified atom stereocenters. The van der Waals surface area contributed by atoms with Crippen LogP contribution in [0.4, 0.5) is 0 Å². The average Bonchev–Trinajstić information content (AvgIpc) is 2.39. The van der Waals surface area contributed by atoms with E-state index in [9.17, 15) is 4.79 Å². The number of carbonyl (C=O) groups is 1. The summed E-state index contributed by atoms with van der Waals surface area (Å²) in [6, 6.07) is -0.188. The molecule has 3 atom stereocenters. The van der Waals surface area contributed by atoms with Crippen LogP contribution in [0.5, 0.6) is 0 Å². The number of hydrogen-bond donors (Lipinski definition) is 1. The lowest BCUT2D eigenvalue weighted by Crippen LogP contribution is -2.45. The number of rotatable bonds is 6. The monoisotopic (exact) mass is 243 g/mol. The molecule has 1 heterocycles. The summed E-state index contributed by atoms with van der Waals surface area (Å²) in [4.78, 5) is 11.7. The maximum atomic E-state index is 11.7. The van der Waals surface area contributed by atoms with Gasteiger partial charge < -0.3 is 14.8 Å². The third kappa shape index (κ3) is 4.64. The van der Waals surface area contributed by atoms with Gasteiger partial charge in [-0.1, -0.05) is 20.3 Å². The van der Waals surface area contributed by atoms with Crippen LogP contribution >= 0.6 is 0 Å². The first-order valence-corrected chi connectivity index (χ1v) is 6.58. The Hall–Kier alpha value is -0.610. The molecule has 0 amide bonds. The van der Waals surface area contributed by atoms with E-state index in [2.05, 4.69) is 19.2 Å². The first-order chi connectivity index (χ1) is 8.19. The molecule has 100 valence electrons. The number of hydrogen-bond acceptors (Lipinski definition) is 4. The quantitative estimate of drug-likeness (QED) is 0.720. The van der Waals surface area contributed by atoms with Gasteiger partial charge in [0.2, 0.25) is 0 Å². The predicted octanol–water partition coefficient (Wildman–Crippen LogP) is 1.59. The Balaban J connectivity index is 2.39. The number of carbonyl (C=O) groups excluding carboxylic acids is 1. The Labute approximate surface area is 104 Å². The molecule has 4 heteroatoms. The van der Waals surface area contributed by atoms with Crippen LogP contribution in [0.15, 0.2) is 0 Å². The normalized spacial score (nSPS) is 24.1. The van der Waals surface area contributed by atoms with Crippen LogP contribution in [-0.2, 0) is 14.3 Å². The van der Waals surface area contributed by atoms with Gasteiger partial charge in [0.1, 0.15) is 6.04 Å². The molecule has 0 aromatic rings. The highest BCUT2D eigenvalue weighted by molar-refractivity contribution is 5.75. The zero-order valence-electron chi connectivity index (χ0n) is 11.2. The van der Waals surface area contributed by atoms with E-state index in [4.69, 9.17) is 9.47 Å². The van der Waals surface area contributed by atoms with E-state index in [1.165, 1.54) is 13.5 Å². The first-order valence-electron chi connectivity index (χ1n) is 6.58. The van der Waals surface area contributed by atoms with E-state index in [0.29, 0.717) is 11.8 Å². The van der Waals surface area contributed by atoms with Gasteiger partial charge in [-0.3, -0.25) is 4.79 Å². The summed E-state index contributed by atoms with van der Waals surface area (Å²) in [6.07, 6.45) is 3.27. The van der Waals surface area contributed by atoms with Gasteiger partial charge in [-0.15, -0.1) is 0 Å². The Morgan fingerprint density at radius 1 is 1.59 bits per heavy atom. The van der Waals surface area contributed by atoms with Crippen LogP contribution in [0.2, 0.25) is 0 Å². The van der Waals surface area contributed by atoms with Crippen molar-refractivity contribution in [3.05, 3.63) is 0 Å². The minimum Gasteiger partial charge on any atom is -0.468 e. The lowest BCUT2D eigenvalue weighted by Gasteiger charge is -2.27. The second-order valence-electron chi connectivity index (χ2n) is 4.88. The minimum absolute atomic E-state index is 0.156. The highest BCUT2D eigenvalue weighted by atomic mass is 16.5. The molecule has 0 spiro atoms. The zero-order chi connectivity index (χ0) is 12.7. The SMILES string of the molecule is CCC(C)C(NCC1CCCOC1)C(=O)OC. The van der Waals surface area contributed by atoms with Crippen LogP contribution in [0.3, 0.4) is 0 Å². The third-order valence-corrected chi connectivity index (χ3v) is 3.55. The highest BCUT2D eigenvalue weighted by Crippen LogP contribution is 2.14. The van der Waals surface area contributed by atoms with Crippen LogP contribution in [0.25, 0.3) is 0 Å². The van der Waals surface area contributed by atoms with E-state index >= 15 is 0 Å². The lowest BCUT2D eigenvalue weighted by molar-refractivity contribution is -0.144. The molecule has 0 radical (unpaired) electrons. The van der Waals surface area contributed by atoms with Crippen molar-refractivity contribution in [1.29, 1.82) is 0 Å². The zero-order valence-corrected chi connectivity index (χ0v) is 11.2. The predicted molar refractivity (Wildman–Crippen MR) is 66.8 cm³/mol. The summed E-state index contributed by atoms with van der Waals surface area (Å²) in [7, 11) is 1.45. The molecule has 1 aliphatic heterocycles.